The summed E-state index contributed by atoms with van der Waals surface area (Å²) in [6, 6.07) is 0. The molecule has 5 heteroatoms. The molecule has 104 valence electrons. The number of aliphatic carboxylic acids is 1. The molecular weight excluding hydrogens is 234 g/mol. The van der Waals surface area contributed by atoms with E-state index in [-0.39, 0.29) is 12.5 Å². The van der Waals surface area contributed by atoms with Crippen molar-refractivity contribution in [3.8, 4) is 0 Å². The molecule has 0 radical (unpaired) electrons. The van der Waals surface area contributed by atoms with Gasteiger partial charge in [-0.1, -0.05) is 19.8 Å². The van der Waals surface area contributed by atoms with Crippen molar-refractivity contribution in [1.29, 1.82) is 0 Å². The lowest BCUT2D eigenvalue weighted by atomic mass is 9.68. The summed E-state index contributed by atoms with van der Waals surface area (Å²) in [6.45, 7) is 2.58. The van der Waals surface area contributed by atoms with E-state index in [0.29, 0.717) is 13.0 Å². The number of methoxy groups -OCH3 is 1. The van der Waals surface area contributed by atoms with Crippen LogP contribution in [0.15, 0.2) is 0 Å². The van der Waals surface area contributed by atoms with Crippen molar-refractivity contribution in [3.05, 3.63) is 0 Å². The van der Waals surface area contributed by atoms with Gasteiger partial charge >= 0.3 is 5.97 Å². The Hall–Kier alpha value is -1.10. The number of carboxylic acid groups (broad SMARTS) is 1. The summed E-state index contributed by atoms with van der Waals surface area (Å²) >= 11 is 0. The van der Waals surface area contributed by atoms with Crippen LogP contribution in [0.1, 0.15) is 39.0 Å². The third-order valence-corrected chi connectivity index (χ3v) is 3.71. The van der Waals surface area contributed by atoms with Crippen LogP contribution in [0, 0.1) is 11.3 Å². The molecule has 1 unspecified atom stereocenters. The highest BCUT2D eigenvalue weighted by atomic mass is 16.5. The van der Waals surface area contributed by atoms with E-state index in [1.54, 1.807) is 7.11 Å². The van der Waals surface area contributed by atoms with Gasteiger partial charge in [0.15, 0.2) is 0 Å². The Morgan fingerprint density at radius 3 is 2.50 bits per heavy atom. The highest BCUT2D eigenvalue weighted by Crippen LogP contribution is 2.41. The van der Waals surface area contributed by atoms with Gasteiger partial charge in [0.25, 0.3) is 0 Å². The quantitative estimate of drug-likeness (QED) is 0.689. The van der Waals surface area contributed by atoms with E-state index in [4.69, 9.17) is 9.84 Å². The van der Waals surface area contributed by atoms with E-state index in [1.807, 2.05) is 6.92 Å². The van der Waals surface area contributed by atoms with Crippen molar-refractivity contribution in [2.45, 2.75) is 39.0 Å². The maximum Gasteiger partial charge on any atom is 0.308 e. The largest absolute Gasteiger partial charge is 0.481 e. The van der Waals surface area contributed by atoms with E-state index in [9.17, 15) is 9.59 Å². The standard InChI is InChI=1S/C13H23NO4/c1-3-5-10(11(15)16)8-14-12(17)13(9-18-2)6-4-7-13/h10H,3-9H2,1-2H3,(H,14,17)(H,15,16). The zero-order chi connectivity index (χ0) is 13.6. The van der Waals surface area contributed by atoms with E-state index in [1.165, 1.54) is 0 Å². The number of carboxylic acids is 1. The molecule has 0 aromatic heterocycles. The van der Waals surface area contributed by atoms with Gasteiger partial charge in [0, 0.05) is 13.7 Å². The fourth-order valence-corrected chi connectivity index (χ4v) is 2.38. The van der Waals surface area contributed by atoms with Crippen LogP contribution in [-0.4, -0.2) is 37.2 Å². The predicted molar refractivity (Wildman–Crippen MR) is 67.2 cm³/mol. The second kappa shape index (κ2) is 6.73. The first kappa shape index (κ1) is 15.0. The summed E-state index contributed by atoms with van der Waals surface area (Å²) in [5.41, 5.74) is -0.413. The summed E-state index contributed by atoms with van der Waals surface area (Å²) in [4.78, 5) is 23.1. The average Bonchev–Trinajstić information content (AvgIpc) is 2.28. The molecule has 0 bridgehead atoms. The van der Waals surface area contributed by atoms with E-state index in [2.05, 4.69) is 5.32 Å². The Morgan fingerprint density at radius 1 is 1.44 bits per heavy atom. The van der Waals surface area contributed by atoms with Crippen LogP contribution in [0.5, 0.6) is 0 Å². The molecular formula is C13H23NO4. The van der Waals surface area contributed by atoms with Gasteiger partial charge in [-0.15, -0.1) is 0 Å². The Bertz CT molecular complexity index is 299. The first-order valence-corrected chi connectivity index (χ1v) is 6.56. The maximum atomic E-state index is 12.1. The van der Waals surface area contributed by atoms with Gasteiger partial charge in [0.2, 0.25) is 5.91 Å². The highest BCUT2D eigenvalue weighted by Gasteiger charge is 2.44. The van der Waals surface area contributed by atoms with Crippen LogP contribution in [0.4, 0.5) is 0 Å². The van der Waals surface area contributed by atoms with Gasteiger partial charge in [0.1, 0.15) is 0 Å². The van der Waals surface area contributed by atoms with Gasteiger partial charge in [0.05, 0.1) is 17.9 Å². The molecule has 0 saturated heterocycles. The van der Waals surface area contributed by atoms with Crippen LogP contribution in [0.25, 0.3) is 0 Å². The number of rotatable bonds is 8. The minimum absolute atomic E-state index is 0.0575. The number of ether oxygens (including phenoxy) is 1. The fourth-order valence-electron chi connectivity index (χ4n) is 2.38. The Morgan fingerprint density at radius 2 is 2.11 bits per heavy atom. The lowest BCUT2D eigenvalue weighted by Gasteiger charge is -2.39. The van der Waals surface area contributed by atoms with Crippen molar-refractivity contribution in [3.63, 3.8) is 0 Å². The summed E-state index contributed by atoms with van der Waals surface area (Å²) in [6.07, 6.45) is 4.09. The molecule has 1 fully saturated rings. The zero-order valence-corrected chi connectivity index (χ0v) is 11.2. The van der Waals surface area contributed by atoms with E-state index < -0.39 is 17.3 Å². The van der Waals surface area contributed by atoms with Crippen molar-refractivity contribution in [2.24, 2.45) is 11.3 Å². The molecule has 1 saturated carbocycles. The molecule has 0 aliphatic heterocycles. The van der Waals surface area contributed by atoms with Crippen LogP contribution in [0.3, 0.4) is 0 Å². The van der Waals surface area contributed by atoms with Gasteiger partial charge in [-0.05, 0) is 19.3 Å². The Kier molecular flexibility index (Phi) is 5.59. The monoisotopic (exact) mass is 257 g/mol. The van der Waals surface area contributed by atoms with Gasteiger partial charge in [-0.25, -0.2) is 0 Å². The van der Waals surface area contributed by atoms with Gasteiger partial charge in [-0.3, -0.25) is 9.59 Å². The molecule has 0 spiro atoms. The van der Waals surface area contributed by atoms with Crippen LogP contribution < -0.4 is 5.32 Å². The van der Waals surface area contributed by atoms with Crippen molar-refractivity contribution < 1.29 is 19.4 Å². The summed E-state index contributed by atoms with van der Waals surface area (Å²) in [5.74, 6) is -1.39. The van der Waals surface area contributed by atoms with Crippen molar-refractivity contribution in [2.75, 3.05) is 20.3 Å². The topological polar surface area (TPSA) is 75.6 Å². The normalized spacial score (nSPS) is 18.8. The first-order valence-electron chi connectivity index (χ1n) is 6.56. The second-order valence-electron chi connectivity index (χ2n) is 5.10. The Labute approximate surface area is 108 Å². The molecule has 1 amide bonds. The number of carbonyl (C=O) groups excluding carboxylic acids is 1. The molecule has 18 heavy (non-hydrogen) atoms. The SMILES string of the molecule is CCCC(CNC(=O)C1(COC)CCC1)C(=O)O. The number of hydrogen-bond acceptors (Lipinski definition) is 3. The van der Waals surface area contributed by atoms with Crippen LogP contribution >= 0.6 is 0 Å². The third-order valence-electron chi connectivity index (χ3n) is 3.71. The molecule has 1 aliphatic carbocycles. The lowest BCUT2D eigenvalue weighted by molar-refractivity contribution is -0.143. The van der Waals surface area contributed by atoms with Crippen molar-refractivity contribution >= 4 is 11.9 Å². The number of amides is 1. The zero-order valence-electron chi connectivity index (χ0n) is 11.2. The predicted octanol–water partition coefficient (Wildman–Crippen LogP) is 1.42. The molecule has 0 aromatic rings. The highest BCUT2D eigenvalue weighted by molar-refractivity contribution is 5.84. The molecule has 1 aliphatic rings. The maximum absolute atomic E-state index is 12.1. The molecule has 0 aromatic carbocycles. The van der Waals surface area contributed by atoms with Gasteiger partial charge < -0.3 is 15.2 Å². The Balaban J connectivity index is 2.46. The summed E-state index contributed by atoms with van der Waals surface area (Å²) < 4.78 is 5.09. The summed E-state index contributed by atoms with van der Waals surface area (Å²) in [5, 5.41) is 11.8. The molecule has 2 N–H and O–H groups in total. The van der Waals surface area contributed by atoms with Gasteiger partial charge in [-0.2, -0.15) is 0 Å². The molecule has 1 rings (SSSR count). The summed E-state index contributed by atoms with van der Waals surface area (Å²) in [7, 11) is 1.59. The average molecular weight is 257 g/mol. The first-order chi connectivity index (χ1) is 8.55. The minimum Gasteiger partial charge on any atom is -0.481 e. The van der Waals surface area contributed by atoms with E-state index in [0.717, 1.165) is 25.7 Å². The molecule has 1 atom stereocenters. The fraction of sp³-hybridized carbons (Fsp3) is 0.846. The van der Waals surface area contributed by atoms with E-state index >= 15 is 0 Å². The van der Waals surface area contributed by atoms with Crippen LogP contribution in [0.2, 0.25) is 0 Å². The third kappa shape index (κ3) is 3.45. The number of hydrogen-bond donors (Lipinski definition) is 2. The molecule has 0 heterocycles. The van der Waals surface area contributed by atoms with Crippen LogP contribution in [-0.2, 0) is 14.3 Å². The number of carbonyl (C=O) groups is 2. The molecule has 5 nitrogen and oxygen atoms in total. The lowest BCUT2D eigenvalue weighted by Crippen LogP contribution is -2.50. The minimum atomic E-state index is -0.841. The van der Waals surface area contributed by atoms with Crippen molar-refractivity contribution in [1.82, 2.24) is 5.32 Å². The smallest absolute Gasteiger partial charge is 0.308 e. The second-order valence-corrected chi connectivity index (χ2v) is 5.10. The number of nitrogens with one attached hydrogen (secondary N) is 1.